The second kappa shape index (κ2) is 8.61. The van der Waals surface area contributed by atoms with Crippen LogP contribution in [0.3, 0.4) is 0 Å². The molecule has 0 spiro atoms. The number of aliphatic hydroxyl groups is 1. The molecule has 0 atom stereocenters. The molecule has 8 heteroatoms. The number of hydrogen-bond donors (Lipinski definition) is 1. The molecule has 1 N–H and O–H groups in total. The molecule has 1 heterocycles. The molecule has 1 aliphatic heterocycles. The highest BCUT2D eigenvalue weighted by molar-refractivity contribution is 7.91. The van der Waals surface area contributed by atoms with Gasteiger partial charge in [-0.1, -0.05) is 17.7 Å². The summed E-state index contributed by atoms with van der Waals surface area (Å²) in [5.74, 6) is 0.0498. The number of Topliss-reactive ketones (excluding diaryl/α,β-unsaturated/α-hetero) is 1. The number of sulfone groups is 1. The number of hydrogen-bond acceptors (Lipinski definition) is 6. The minimum absolute atomic E-state index is 0.0653. The van der Waals surface area contributed by atoms with Gasteiger partial charge in [0.25, 0.3) is 0 Å². The van der Waals surface area contributed by atoms with Crippen molar-refractivity contribution in [3.8, 4) is 11.5 Å². The van der Waals surface area contributed by atoms with E-state index >= 15 is 0 Å². The molecule has 0 unspecified atom stereocenters. The number of ketones is 1. The Morgan fingerprint density at radius 1 is 1.11 bits per heavy atom. The first-order valence-corrected chi connectivity index (χ1v) is 10.9. The monoisotopic (exact) mass is 424 g/mol. The van der Waals surface area contributed by atoms with Crippen LogP contribution in [0.25, 0.3) is 0 Å². The van der Waals surface area contributed by atoms with E-state index in [0.717, 1.165) is 0 Å². The number of benzene rings is 2. The second-order valence-electron chi connectivity index (χ2n) is 6.76. The lowest BCUT2D eigenvalue weighted by Gasteiger charge is -2.34. The molecule has 1 aliphatic rings. The Morgan fingerprint density at radius 3 is 2.43 bits per heavy atom. The van der Waals surface area contributed by atoms with Gasteiger partial charge in [-0.25, -0.2) is 8.42 Å². The van der Waals surface area contributed by atoms with Crippen molar-refractivity contribution in [3.05, 3.63) is 53.6 Å². The molecule has 0 bridgehead atoms. The van der Waals surface area contributed by atoms with Crippen LogP contribution in [0.5, 0.6) is 11.5 Å². The molecule has 0 radical (unpaired) electrons. The Labute approximate surface area is 169 Å². The minimum Gasteiger partial charge on any atom is -0.457 e. The van der Waals surface area contributed by atoms with E-state index in [0.29, 0.717) is 29.7 Å². The number of carbonyl (C=O) groups is 1. The molecule has 6 nitrogen and oxygen atoms in total. The van der Waals surface area contributed by atoms with Gasteiger partial charge in [-0.15, -0.1) is 0 Å². The van der Waals surface area contributed by atoms with Crippen molar-refractivity contribution in [2.45, 2.75) is 17.7 Å². The van der Waals surface area contributed by atoms with Crippen LogP contribution in [-0.4, -0.2) is 44.9 Å². The van der Waals surface area contributed by atoms with Crippen molar-refractivity contribution >= 4 is 27.2 Å². The fourth-order valence-electron chi connectivity index (χ4n) is 3.25. The van der Waals surface area contributed by atoms with E-state index in [4.69, 9.17) is 21.1 Å². The van der Waals surface area contributed by atoms with Gasteiger partial charge >= 0.3 is 0 Å². The fourth-order valence-corrected chi connectivity index (χ4v) is 5.30. The average Bonchev–Trinajstić information content (AvgIpc) is 2.69. The summed E-state index contributed by atoms with van der Waals surface area (Å²) < 4.78 is 37.0. The van der Waals surface area contributed by atoms with Crippen LogP contribution in [-0.2, 0) is 19.4 Å². The van der Waals surface area contributed by atoms with Crippen molar-refractivity contribution in [2.75, 3.05) is 25.6 Å². The van der Waals surface area contributed by atoms with Crippen LogP contribution in [0.15, 0.2) is 53.4 Å². The minimum atomic E-state index is -3.78. The Morgan fingerprint density at radius 2 is 1.79 bits per heavy atom. The zero-order valence-corrected chi connectivity index (χ0v) is 16.7. The zero-order valence-electron chi connectivity index (χ0n) is 15.1. The summed E-state index contributed by atoms with van der Waals surface area (Å²) in [4.78, 5) is 12.4. The molecule has 0 aliphatic carbocycles. The summed E-state index contributed by atoms with van der Waals surface area (Å²) in [5, 5.41) is 9.90. The number of carbonyl (C=O) groups excluding carboxylic acids is 1. The highest BCUT2D eigenvalue weighted by Crippen LogP contribution is 2.36. The van der Waals surface area contributed by atoms with Gasteiger partial charge in [-0.05, 0) is 55.3 Å². The third-order valence-electron chi connectivity index (χ3n) is 4.87. The summed E-state index contributed by atoms with van der Waals surface area (Å²) in [6.07, 6.45) is 0.541. The average molecular weight is 425 g/mol. The molecular weight excluding hydrogens is 404 g/mol. The van der Waals surface area contributed by atoms with Crippen molar-refractivity contribution in [1.82, 2.24) is 0 Å². The van der Waals surface area contributed by atoms with E-state index < -0.39 is 27.6 Å². The summed E-state index contributed by atoms with van der Waals surface area (Å²) in [7, 11) is -3.78. The van der Waals surface area contributed by atoms with Gasteiger partial charge in [0.15, 0.2) is 15.6 Å². The SMILES string of the molecule is O=C(CO)C1(CS(=O)(=O)c2cccc(Oc3ccc(Cl)cc3)c2)CCOCC1. The first-order valence-electron chi connectivity index (χ1n) is 8.83. The van der Waals surface area contributed by atoms with Crippen molar-refractivity contribution in [1.29, 1.82) is 0 Å². The predicted octanol–water partition coefficient (Wildman–Crippen LogP) is 3.26. The first-order chi connectivity index (χ1) is 13.3. The second-order valence-corrected chi connectivity index (χ2v) is 9.19. The fraction of sp³-hybridized carbons (Fsp3) is 0.350. The predicted molar refractivity (Wildman–Crippen MR) is 105 cm³/mol. The van der Waals surface area contributed by atoms with Crippen LogP contribution in [0, 0.1) is 5.41 Å². The number of rotatable bonds is 7. The maximum atomic E-state index is 13.0. The molecule has 0 aromatic heterocycles. The Balaban J connectivity index is 1.84. The molecule has 2 aromatic rings. The first kappa shape index (κ1) is 20.8. The molecule has 2 aromatic carbocycles. The zero-order chi connectivity index (χ0) is 20.2. The van der Waals surface area contributed by atoms with Crippen LogP contribution in [0.2, 0.25) is 5.02 Å². The van der Waals surface area contributed by atoms with E-state index in [1.807, 2.05) is 0 Å². The summed E-state index contributed by atoms with van der Waals surface area (Å²) in [6, 6.07) is 12.8. The summed E-state index contributed by atoms with van der Waals surface area (Å²) in [5.41, 5.74) is -1.13. The van der Waals surface area contributed by atoms with E-state index in [2.05, 4.69) is 0 Å². The Kier molecular flexibility index (Phi) is 6.40. The third-order valence-corrected chi connectivity index (χ3v) is 7.02. The van der Waals surface area contributed by atoms with E-state index in [1.54, 1.807) is 36.4 Å². The normalized spacial score (nSPS) is 16.5. The highest BCUT2D eigenvalue weighted by Gasteiger charge is 2.43. The Hall–Kier alpha value is -1.93. The summed E-state index contributed by atoms with van der Waals surface area (Å²) in [6.45, 7) is -0.100. The molecule has 1 fully saturated rings. The largest absolute Gasteiger partial charge is 0.457 e. The maximum absolute atomic E-state index is 13.0. The van der Waals surface area contributed by atoms with Crippen LogP contribution in [0.1, 0.15) is 12.8 Å². The number of aliphatic hydroxyl groups excluding tert-OH is 1. The van der Waals surface area contributed by atoms with Crippen LogP contribution in [0.4, 0.5) is 0 Å². The van der Waals surface area contributed by atoms with E-state index in [1.165, 1.54) is 12.1 Å². The molecule has 1 saturated heterocycles. The van der Waals surface area contributed by atoms with Crippen molar-refractivity contribution < 1.29 is 27.8 Å². The van der Waals surface area contributed by atoms with Crippen LogP contribution >= 0.6 is 11.6 Å². The van der Waals surface area contributed by atoms with Gasteiger partial charge in [-0.2, -0.15) is 0 Å². The van der Waals surface area contributed by atoms with Gasteiger partial charge in [0.05, 0.1) is 16.1 Å². The van der Waals surface area contributed by atoms with Gasteiger partial charge in [0, 0.05) is 18.2 Å². The molecule has 0 amide bonds. The smallest absolute Gasteiger partial charge is 0.179 e. The van der Waals surface area contributed by atoms with E-state index in [9.17, 15) is 18.3 Å². The van der Waals surface area contributed by atoms with Crippen LogP contribution < -0.4 is 4.74 Å². The number of ether oxygens (including phenoxy) is 2. The number of halogens is 1. The lowest BCUT2D eigenvalue weighted by Crippen LogP contribution is -2.44. The van der Waals surface area contributed by atoms with Gasteiger partial charge in [-0.3, -0.25) is 4.79 Å². The molecular formula is C20H21ClO6S. The maximum Gasteiger partial charge on any atom is 0.179 e. The molecule has 3 rings (SSSR count). The third kappa shape index (κ3) is 4.72. The van der Waals surface area contributed by atoms with Crippen molar-refractivity contribution in [3.63, 3.8) is 0 Å². The van der Waals surface area contributed by atoms with Gasteiger partial charge < -0.3 is 14.6 Å². The van der Waals surface area contributed by atoms with Gasteiger partial charge in [0.1, 0.15) is 18.1 Å². The Bertz CT molecular complexity index is 933. The molecule has 150 valence electrons. The lowest BCUT2D eigenvalue weighted by atomic mass is 9.78. The topological polar surface area (TPSA) is 89.9 Å². The quantitative estimate of drug-likeness (QED) is 0.733. The van der Waals surface area contributed by atoms with Gasteiger partial charge in [0.2, 0.25) is 0 Å². The lowest BCUT2D eigenvalue weighted by molar-refractivity contribution is -0.135. The van der Waals surface area contributed by atoms with E-state index in [-0.39, 0.29) is 23.5 Å². The standard InChI is InChI=1S/C20H21ClO6S/c21-15-4-6-16(7-5-15)27-17-2-1-3-18(12-17)28(24,25)14-20(19(23)13-22)8-10-26-11-9-20/h1-7,12,22H,8-11,13-14H2. The molecule has 28 heavy (non-hydrogen) atoms. The highest BCUT2D eigenvalue weighted by atomic mass is 35.5. The van der Waals surface area contributed by atoms with Crippen molar-refractivity contribution in [2.24, 2.45) is 5.41 Å². The molecule has 0 saturated carbocycles. The summed E-state index contributed by atoms with van der Waals surface area (Å²) >= 11 is 5.85.